The van der Waals surface area contributed by atoms with Gasteiger partial charge in [0, 0.05) is 6.42 Å². The van der Waals surface area contributed by atoms with Crippen LogP contribution in [0, 0.1) is 0 Å². The van der Waals surface area contributed by atoms with Gasteiger partial charge in [0.05, 0.1) is 11.9 Å². The van der Waals surface area contributed by atoms with Crippen LogP contribution in [0.4, 0.5) is 0 Å². The molecular weight excluding hydrogens is 164 g/mol. The fourth-order valence-electron chi connectivity index (χ4n) is 2.09. The molecule has 2 rings (SSSR count). The second kappa shape index (κ2) is 3.54. The van der Waals surface area contributed by atoms with Crippen molar-refractivity contribution in [1.29, 1.82) is 0 Å². The average Bonchev–Trinajstić information content (AvgIpc) is 2.72. The van der Waals surface area contributed by atoms with Gasteiger partial charge in [-0.25, -0.2) is 0 Å². The molecule has 0 aromatic carbocycles. The van der Waals surface area contributed by atoms with Gasteiger partial charge in [0.15, 0.2) is 0 Å². The minimum Gasteiger partial charge on any atom is -0.469 e. The molecular formula is C11H16O2. The molecule has 0 unspecified atom stereocenters. The van der Waals surface area contributed by atoms with E-state index in [4.69, 9.17) is 4.42 Å². The van der Waals surface area contributed by atoms with Crippen molar-refractivity contribution in [3.63, 3.8) is 0 Å². The highest BCUT2D eigenvalue weighted by atomic mass is 16.3. The Bertz CT molecular complexity index is 245. The van der Waals surface area contributed by atoms with Crippen molar-refractivity contribution in [1.82, 2.24) is 0 Å². The van der Waals surface area contributed by atoms with Gasteiger partial charge in [0.1, 0.15) is 5.76 Å². The molecule has 0 radical (unpaired) electrons. The standard InChI is InChI=1S/C11H16O2/c12-11(6-1-2-7-11)8-5-10-4-3-9-13-10/h3-4,9,12H,1-2,5-8H2. The molecule has 0 bridgehead atoms. The normalized spacial score (nSPS) is 20.7. The molecule has 1 fully saturated rings. The zero-order chi connectivity index (χ0) is 9.15. The molecule has 1 aromatic rings. The van der Waals surface area contributed by atoms with E-state index in [1.54, 1.807) is 6.26 Å². The smallest absolute Gasteiger partial charge is 0.103 e. The number of rotatable bonds is 3. The Balaban J connectivity index is 1.85. The first-order valence-electron chi connectivity index (χ1n) is 5.03. The Morgan fingerprint density at radius 2 is 2.15 bits per heavy atom. The van der Waals surface area contributed by atoms with E-state index < -0.39 is 5.60 Å². The van der Waals surface area contributed by atoms with Crippen LogP contribution in [0.15, 0.2) is 22.8 Å². The predicted molar refractivity (Wildman–Crippen MR) is 50.4 cm³/mol. The summed E-state index contributed by atoms with van der Waals surface area (Å²) in [6.45, 7) is 0. The summed E-state index contributed by atoms with van der Waals surface area (Å²) in [5, 5.41) is 10.0. The van der Waals surface area contributed by atoms with E-state index in [2.05, 4.69) is 0 Å². The Hall–Kier alpha value is -0.760. The lowest BCUT2D eigenvalue weighted by Crippen LogP contribution is -2.24. The van der Waals surface area contributed by atoms with Crippen LogP contribution in [-0.4, -0.2) is 10.7 Å². The molecule has 1 aliphatic carbocycles. The quantitative estimate of drug-likeness (QED) is 0.775. The van der Waals surface area contributed by atoms with Gasteiger partial charge in [-0.05, 0) is 31.4 Å². The molecule has 1 aliphatic rings. The minimum absolute atomic E-state index is 0.396. The van der Waals surface area contributed by atoms with Crippen molar-refractivity contribution in [2.24, 2.45) is 0 Å². The lowest BCUT2D eigenvalue weighted by atomic mass is 9.95. The second-order valence-electron chi connectivity index (χ2n) is 4.01. The van der Waals surface area contributed by atoms with Crippen molar-refractivity contribution in [2.75, 3.05) is 0 Å². The molecule has 0 aliphatic heterocycles. The topological polar surface area (TPSA) is 33.4 Å². The van der Waals surface area contributed by atoms with Gasteiger partial charge in [0.25, 0.3) is 0 Å². The van der Waals surface area contributed by atoms with Crippen LogP contribution in [0.2, 0.25) is 0 Å². The number of hydrogen-bond donors (Lipinski definition) is 1. The summed E-state index contributed by atoms with van der Waals surface area (Å²) >= 11 is 0. The Kier molecular flexibility index (Phi) is 2.40. The average molecular weight is 180 g/mol. The largest absolute Gasteiger partial charge is 0.469 e. The van der Waals surface area contributed by atoms with E-state index in [1.807, 2.05) is 12.1 Å². The third-order valence-electron chi connectivity index (χ3n) is 2.95. The van der Waals surface area contributed by atoms with Crippen LogP contribution >= 0.6 is 0 Å². The first-order valence-corrected chi connectivity index (χ1v) is 5.03. The molecule has 72 valence electrons. The maximum absolute atomic E-state index is 10.0. The molecule has 0 atom stereocenters. The summed E-state index contributed by atoms with van der Waals surface area (Å²) in [5.74, 6) is 0.986. The Morgan fingerprint density at radius 3 is 2.77 bits per heavy atom. The fourth-order valence-corrected chi connectivity index (χ4v) is 2.09. The molecule has 13 heavy (non-hydrogen) atoms. The molecule has 1 aromatic heterocycles. The first kappa shape index (κ1) is 8.82. The highest BCUT2D eigenvalue weighted by Gasteiger charge is 2.30. The van der Waals surface area contributed by atoms with Gasteiger partial charge in [-0.15, -0.1) is 0 Å². The minimum atomic E-state index is -0.396. The lowest BCUT2D eigenvalue weighted by molar-refractivity contribution is 0.0378. The van der Waals surface area contributed by atoms with Crippen molar-refractivity contribution in [2.45, 2.75) is 44.1 Å². The summed E-state index contributed by atoms with van der Waals surface area (Å²) in [6, 6.07) is 3.87. The Morgan fingerprint density at radius 1 is 1.38 bits per heavy atom. The van der Waals surface area contributed by atoms with E-state index in [0.29, 0.717) is 0 Å². The van der Waals surface area contributed by atoms with E-state index in [0.717, 1.165) is 31.4 Å². The molecule has 0 amide bonds. The van der Waals surface area contributed by atoms with Gasteiger partial charge in [-0.1, -0.05) is 12.8 Å². The maximum atomic E-state index is 10.0. The third kappa shape index (κ3) is 2.13. The van der Waals surface area contributed by atoms with Crippen molar-refractivity contribution >= 4 is 0 Å². The summed E-state index contributed by atoms with van der Waals surface area (Å²) < 4.78 is 5.23. The molecule has 0 spiro atoms. The third-order valence-corrected chi connectivity index (χ3v) is 2.95. The second-order valence-corrected chi connectivity index (χ2v) is 4.01. The van der Waals surface area contributed by atoms with E-state index in [-0.39, 0.29) is 0 Å². The van der Waals surface area contributed by atoms with Gasteiger partial charge in [-0.3, -0.25) is 0 Å². The summed E-state index contributed by atoms with van der Waals surface area (Å²) in [7, 11) is 0. The van der Waals surface area contributed by atoms with E-state index in [1.165, 1.54) is 12.8 Å². The molecule has 1 heterocycles. The zero-order valence-corrected chi connectivity index (χ0v) is 7.83. The highest BCUT2D eigenvalue weighted by molar-refractivity contribution is 5.00. The zero-order valence-electron chi connectivity index (χ0n) is 7.83. The summed E-state index contributed by atoms with van der Waals surface area (Å²) in [4.78, 5) is 0. The predicted octanol–water partition coefficient (Wildman–Crippen LogP) is 2.52. The molecule has 1 N–H and O–H groups in total. The molecule has 1 saturated carbocycles. The van der Waals surface area contributed by atoms with Crippen LogP contribution in [0.25, 0.3) is 0 Å². The van der Waals surface area contributed by atoms with Crippen LogP contribution in [-0.2, 0) is 6.42 Å². The SMILES string of the molecule is OC1(CCc2ccco2)CCCC1. The molecule has 2 nitrogen and oxygen atoms in total. The molecule has 2 heteroatoms. The highest BCUT2D eigenvalue weighted by Crippen LogP contribution is 2.33. The molecule has 0 saturated heterocycles. The van der Waals surface area contributed by atoms with E-state index in [9.17, 15) is 5.11 Å². The fraction of sp³-hybridized carbons (Fsp3) is 0.636. The van der Waals surface area contributed by atoms with E-state index >= 15 is 0 Å². The van der Waals surface area contributed by atoms with Gasteiger partial charge < -0.3 is 9.52 Å². The van der Waals surface area contributed by atoms with Gasteiger partial charge in [-0.2, -0.15) is 0 Å². The first-order chi connectivity index (χ1) is 6.29. The number of aryl methyl sites for hydroxylation is 1. The van der Waals surface area contributed by atoms with Crippen molar-refractivity contribution in [3.05, 3.63) is 24.2 Å². The van der Waals surface area contributed by atoms with Crippen LogP contribution in [0.1, 0.15) is 37.9 Å². The van der Waals surface area contributed by atoms with Crippen molar-refractivity contribution in [3.8, 4) is 0 Å². The maximum Gasteiger partial charge on any atom is 0.103 e. The monoisotopic (exact) mass is 180 g/mol. The number of hydrogen-bond acceptors (Lipinski definition) is 2. The van der Waals surface area contributed by atoms with Gasteiger partial charge in [0.2, 0.25) is 0 Å². The number of aliphatic hydroxyl groups is 1. The van der Waals surface area contributed by atoms with Crippen LogP contribution < -0.4 is 0 Å². The van der Waals surface area contributed by atoms with Gasteiger partial charge >= 0.3 is 0 Å². The Labute approximate surface area is 78.6 Å². The lowest BCUT2D eigenvalue weighted by Gasteiger charge is -2.20. The number of furan rings is 1. The summed E-state index contributed by atoms with van der Waals surface area (Å²) in [6.07, 6.45) is 7.68. The van der Waals surface area contributed by atoms with Crippen molar-refractivity contribution < 1.29 is 9.52 Å². The van der Waals surface area contributed by atoms with Crippen LogP contribution in [0.3, 0.4) is 0 Å². The van der Waals surface area contributed by atoms with Crippen LogP contribution in [0.5, 0.6) is 0 Å². The summed E-state index contributed by atoms with van der Waals surface area (Å²) in [5.41, 5.74) is -0.396.